The van der Waals surface area contributed by atoms with Crippen molar-refractivity contribution >= 4 is 10.8 Å². The van der Waals surface area contributed by atoms with Crippen LogP contribution in [0.15, 0.2) is 54.6 Å². The summed E-state index contributed by atoms with van der Waals surface area (Å²) in [6, 6.07) is 19.1. The molecule has 0 aromatic heterocycles. The second kappa shape index (κ2) is 8.92. The summed E-state index contributed by atoms with van der Waals surface area (Å²) >= 11 is 0. The fourth-order valence-corrected chi connectivity index (χ4v) is 2.92. The minimum Gasteiger partial charge on any atom is -0.496 e. The first-order valence-corrected chi connectivity index (χ1v) is 8.18. The molecule has 0 fully saturated rings. The van der Waals surface area contributed by atoms with Crippen LogP contribution in [0.3, 0.4) is 0 Å². The predicted octanol–water partition coefficient (Wildman–Crippen LogP) is 5.40. The maximum atomic E-state index is 5.56. The van der Waals surface area contributed by atoms with Gasteiger partial charge in [-0.15, -0.1) is 6.42 Å². The van der Waals surface area contributed by atoms with Crippen molar-refractivity contribution in [3.8, 4) is 29.2 Å². The van der Waals surface area contributed by atoms with Gasteiger partial charge in [-0.2, -0.15) is 0 Å². The van der Waals surface area contributed by atoms with Crippen LogP contribution in [0.5, 0.6) is 5.75 Å². The van der Waals surface area contributed by atoms with Gasteiger partial charge in [0.25, 0.3) is 0 Å². The van der Waals surface area contributed by atoms with Crippen LogP contribution in [0.1, 0.15) is 11.1 Å². The maximum Gasteiger partial charge on any atom is 0.126 e. The Morgan fingerprint density at radius 3 is 2.12 bits per heavy atom. The van der Waals surface area contributed by atoms with Gasteiger partial charge in [-0.25, -0.2) is 0 Å². The molecule has 0 amide bonds. The molecule has 0 saturated heterocycles. The van der Waals surface area contributed by atoms with E-state index in [4.69, 9.17) is 11.2 Å². The Labute approximate surface area is 150 Å². The number of hydrogen-bond donors (Lipinski definition) is 0. The lowest BCUT2D eigenvalue weighted by Gasteiger charge is -2.14. The smallest absolute Gasteiger partial charge is 0.126 e. The highest BCUT2D eigenvalue weighted by molar-refractivity contribution is 6.00. The molecule has 0 aliphatic rings. The lowest BCUT2D eigenvalue weighted by atomic mass is 9.93. The van der Waals surface area contributed by atoms with E-state index in [9.17, 15) is 0 Å². The van der Waals surface area contributed by atoms with E-state index in [2.05, 4.69) is 67.0 Å². The molecule has 3 aromatic carbocycles. The zero-order valence-electron chi connectivity index (χ0n) is 15.3. The Morgan fingerprint density at radius 1 is 0.840 bits per heavy atom. The molecule has 0 atom stereocenters. The van der Waals surface area contributed by atoms with E-state index in [0.29, 0.717) is 6.61 Å². The van der Waals surface area contributed by atoms with Crippen molar-refractivity contribution in [2.75, 3.05) is 20.8 Å². The Kier molecular flexibility index (Phi) is 6.62. The van der Waals surface area contributed by atoms with E-state index in [1.54, 1.807) is 14.2 Å². The summed E-state index contributed by atoms with van der Waals surface area (Å²) < 4.78 is 10.0. The number of methoxy groups -OCH3 is 2. The van der Waals surface area contributed by atoms with Crippen molar-refractivity contribution in [1.82, 2.24) is 0 Å². The zero-order chi connectivity index (χ0) is 18.2. The highest BCUT2D eigenvalue weighted by Crippen LogP contribution is 2.37. The molecule has 0 N–H and O–H groups in total. The van der Waals surface area contributed by atoms with Crippen LogP contribution in [-0.2, 0) is 4.74 Å². The highest BCUT2D eigenvalue weighted by atomic mass is 16.5. The molecule has 0 bridgehead atoms. The fourth-order valence-electron chi connectivity index (χ4n) is 2.92. The Hall–Kier alpha value is -2.76. The van der Waals surface area contributed by atoms with Crippen LogP contribution in [0.2, 0.25) is 0 Å². The van der Waals surface area contributed by atoms with Crippen molar-refractivity contribution in [3.05, 3.63) is 65.7 Å². The van der Waals surface area contributed by atoms with Gasteiger partial charge in [0.2, 0.25) is 0 Å². The van der Waals surface area contributed by atoms with Gasteiger partial charge in [0.15, 0.2) is 0 Å². The molecule has 0 spiro atoms. The van der Waals surface area contributed by atoms with Gasteiger partial charge in [0, 0.05) is 12.7 Å². The van der Waals surface area contributed by atoms with Crippen molar-refractivity contribution in [2.24, 2.45) is 0 Å². The lowest BCUT2D eigenvalue weighted by molar-refractivity contribution is 0.240. The molecule has 3 rings (SSSR count). The van der Waals surface area contributed by atoms with E-state index >= 15 is 0 Å². The van der Waals surface area contributed by atoms with E-state index in [-0.39, 0.29) is 0 Å². The van der Waals surface area contributed by atoms with Crippen LogP contribution in [-0.4, -0.2) is 20.8 Å². The van der Waals surface area contributed by atoms with Gasteiger partial charge in [-0.3, -0.25) is 0 Å². The molecule has 0 saturated carbocycles. The third-order valence-corrected chi connectivity index (χ3v) is 4.09. The van der Waals surface area contributed by atoms with E-state index in [1.807, 2.05) is 12.1 Å². The number of fused-ring (bicyclic) bond motifs is 1. The molecule has 0 aliphatic heterocycles. The first-order chi connectivity index (χ1) is 12.1. The average molecular weight is 332 g/mol. The first kappa shape index (κ1) is 18.6. The Balaban J connectivity index is 0.000000399. The van der Waals surface area contributed by atoms with Crippen LogP contribution in [0.4, 0.5) is 0 Å². The van der Waals surface area contributed by atoms with E-state index in [1.165, 1.54) is 33.0 Å². The third-order valence-electron chi connectivity index (χ3n) is 4.09. The van der Waals surface area contributed by atoms with Crippen LogP contribution >= 0.6 is 0 Å². The quantitative estimate of drug-likeness (QED) is 0.598. The molecule has 25 heavy (non-hydrogen) atoms. The number of ether oxygens (including phenoxy) is 2. The van der Waals surface area contributed by atoms with Crippen molar-refractivity contribution in [2.45, 2.75) is 13.8 Å². The minimum atomic E-state index is 0.417. The number of rotatable bonds is 3. The molecular weight excluding hydrogens is 308 g/mol. The monoisotopic (exact) mass is 332 g/mol. The largest absolute Gasteiger partial charge is 0.496 e. The Bertz CT molecular complexity index is 888. The molecule has 0 unspecified atom stereocenters. The van der Waals surface area contributed by atoms with Crippen LogP contribution in [0.25, 0.3) is 21.9 Å². The number of hydrogen-bond acceptors (Lipinski definition) is 2. The van der Waals surface area contributed by atoms with E-state index < -0.39 is 0 Å². The summed E-state index contributed by atoms with van der Waals surface area (Å²) in [5, 5.41) is 2.58. The molecule has 0 radical (unpaired) electrons. The van der Waals surface area contributed by atoms with Crippen molar-refractivity contribution < 1.29 is 9.47 Å². The lowest BCUT2D eigenvalue weighted by Crippen LogP contribution is -1.92. The maximum absolute atomic E-state index is 5.56. The van der Waals surface area contributed by atoms with Gasteiger partial charge >= 0.3 is 0 Å². The summed E-state index contributed by atoms with van der Waals surface area (Å²) in [4.78, 5) is 0. The Morgan fingerprint density at radius 2 is 1.48 bits per heavy atom. The standard InChI is InChI=1S/C19H18O.C4H6O/c1-13-7-4-10-16-15(13)9-6-11-17(16)19-14(2)8-5-12-18(19)20-3;1-3-4-5-2/h4-12H,1-3H3;1H,4H2,2H3. The summed E-state index contributed by atoms with van der Waals surface area (Å²) in [6.07, 6.45) is 4.76. The van der Waals surface area contributed by atoms with E-state index in [0.717, 1.165) is 5.75 Å². The van der Waals surface area contributed by atoms with Gasteiger partial charge in [0.05, 0.1) is 7.11 Å². The van der Waals surface area contributed by atoms with Gasteiger partial charge in [0.1, 0.15) is 12.4 Å². The molecule has 0 aliphatic carbocycles. The summed E-state index contributed by atoms with van der Waals surface area (Å²) in [5.74, 6) is 3.22. The fraction of sp³-hybridized carbons (Fsp3) is 0.217. The number of aryl methyl sites for hydroxylation is 2. The second-order valence-corrected chi connectivity index (χ2v) is 5.76. The van der Waals surface area contributed by atoms with Crippen molar-refractivity contribution in [3.63, 3.8) is 0 Å². The topological polar surface area (TPSA) is 18.5 Å². The first-order valence-electron chi connectivity index (χ1n) is 8.18. The minimum absolute atomic E-state index is 0.417. The summed E-state index contributed by atoms with van der Waals surface area (Å²) in [5.41, 5.74) is 4.96. The van der Waals surface area contributed by atoms with Gasteiger partial charge in [-0.1, -0.05) is 54.5 Å². The third kappa shape index (κ3) is 4.21. The van der Waals surface area contributed by atoms with Crippen molar-refractivity contribution in [1.29, 1.82) is 0 Å². The zero-order valence-corrected chi connectivity index (χ0v) is 15.3. The van der Waals surface area contributed by atoms with Crippen LogP contribution in [0, 0.1) is 26.2 Å². The van der Waals surface area contributed by atoms with Gasteiger partial charge in [-0.05, 0) is 47.4 Å². The summed E-state index contributed by atoms with van der Waals surface area (Å²) in [6.45, 7) is 4.70. The molecule has 2 heteroatoms. The van der Waals surface area contributed by atoms with Gasteiger partial charge < -0.3 is 9.47 Å². The van der Waals surface area contributed by atoms with Crippen LogP contribution < -0.4 is 4.74 Å². The molecule has 3 aromatic rings. The molecule has 128 valence electrons. The number of terminal acetylenes is 1. The molecule has 2 nitrogen and oxygen atoms in total. The SMILES string of the molecule is C#CCOC.COc1cccc(C)c1-c1cccc2c(C)cccc12. The predicted molar refractivity (Wildman–Crippen MR) is 106 cm³/mol. The average Bonchev–Trinajstić information content (AvgIpc) is 2.63. The number of benzene rings is 3. The highest BCUT2D eigenvalue weighted by Gasteiger charge is 2.12. The second-order valence-electron chi connectivity index (χ2n) is 5.76. The summed E-state index contributed by atoms with van der Waals surface area (Å²) in [7, 11) is 3.30. The normalized spacial score (nSPS) is 9.88. The molecule has 0 heterocycles. The molecular formula is C23H24O2.